The minimum Gasteiger partial charge on any atom is -0.303 e. The zero-order chi connectivity index (χ0) is 25.4. The number of hydrogen-bond acceptors (Lipinski definition) is 2. The molecule has 4 aliphatic carbocycles. The van der Waals surface area contributed by atoms with Gasteiger partial charge in [-0.1, -0.05) is 88.3 Å². The number of fused-ring (bicyclic) bond motifs is 2. The molecule has 2 saturated carbocycles. The van der Waals surface area contributed by atoms with Gasteiger partial charge < -0.3 is 9.59 Å². The number of aldehydes is 2. The molecule has 34 heavy (non-hydrogen) atoms. The van der Waals surface area contributed by atoms with Gasteiger partial charge in [-0.3, -0.25) is 0 Å². The number of rotatable bonds is 4. The normalized spacial score (nSPS) is 34.2. The largest absolute Gasteiger partial charge is 0.303 e. The van der Waals surface area contributed by atoms with Gasteiger partial charge in [-0.15, -0.1) is 0 Å². The molecule has 0 heterocycles. The summed E-state index contributed by atoms with van der Waals surface area (Å²) in [5.74, 6) is 0.766. The first kappa shape index (κ1) is 27.2. The van der Waals surface area contributed by atoms with Gasteiger partial charge >= 0.3 is 0 Å². The summed E-state index contributed by atoms with van der Waals surface area (Å²) < 4.78 is 0. The van der Waals surface area contributed by atoms with E-state index in [0.717, 1.165) is 24.9 Å². The lowest BCUT2D eigenvalue weighted by Gasteiger charge is -2.55. The van der Waals surface area contributed by atoms with Crippen molar-refractivity contribution in [1.29, 1.82) is 0 Å². The fraction of sp³-hybridized carbons (Fsp3) is 0.750. The Labute approximate surface area is 209 Å². The Hall–Kier alpha value is -1.44. The highest BCUT2D eigenvalue weighted by Gasteiger charge is 2.50. The molecule has 2 heteroatoms. The van der Waals surface area contributed by atoms with Gasteiger partial charge in [0.25, 0.3) is 0 Å². The van der Waals surface area contributed by atoms with Gasteiger partial charge in [0.05, 0.1) is 0 Å². The van der Waals surface area contributed by atoms with Gasteiger partial charge in [-0.05, 0) is 81.0 Å². The molecule has 190 valence electrons. The maximum atomic E-state index is 11.0. The third-order valence-electron chi connectivity index (χ3n) is 10.4. The SMILES string of the molecule is CC1=C(CC=O)[C@@]2(C)CCCC(C)(C)C2=CC1.CC1=C(CC=O)[C@@]2(C)CCCC(C)(C)[C@@H]2CC1. The predicted molar refractivity (Wildman–Crippen MR) is 144 cm³/mol. The summed E-state index contributed by atoms with van der Waals surface area (Å²) in [6.45, 7) is 18.8. The third kappa shape index (κ3) is 4.80. The average molecular weight is 467 g/mol. The number of allylic oxidation sites excluding steroid dienone is 6. The van der Waals surface area contributed by atoms with Crippen LogP contribution in [0.3, 0.4) is 0 Å². The van der Waals surface area contributed by atoms with Crippen LogP contribution in [0.4, 0.5) is 0 Å². The van der Waals surface area contributed by atoms with E-state index in [1.807, 2.05) is 0 Å². The van der Waals surface area contributed by atoms with Gasteiger partial charge in [0.15, 0.2) is 0 Å². The molecular weight excluding hydrogens is 416 g/mol. The Morgan fingerprint density at radius 3 is 2.09 bits per heavy atom. The van der Waals surface area contributed by atoms with Crippen LogP contribution in [0.15, 0.2) is 33.9 Å². The van der Waals surface area contributed by atoms with Crippen molar-refractivity contribution >= 4 is 12.6 Å². The van der Waals surface area contributed by atoms with E-state index in [2.05, 4.69) is 61.5 Å². The van der Waals surface area contributed by atoms with Crippen molar-refractivity contribution in [3.05, 3.63) is 33.9 Å². The van der Waals surface area contributed by atoms with Gasteiger partial charge in [0.1, 0.15) is 12.6 Å². The molecule has 4 aliphatic rings. The standard InChI is InChI=1S/C16H26O.C16H24O/c2*1-12-6-7-14-15(2,3)9-5-10-16(14,4)13(12)8-11-17/h11,14H,5-10H2,1-4H3;7,11H,5-6,8-10H2,1-4H3/t14-,16+;16-/m01/s1. The quantitative estimate of drug-likeness (QED) is 0.306. The van der Waals surface area contributed by atoms with Gasteiger partial charge in [0, 0.05) is 18.3 Å². The average Bonchev–Trinajstić information content (AvgIpc) is 2.73. The molecule has 2 nitrogen and oxygen atoms in total. The molecule has 0 spiro atoms. The van der Waals surface area contributed by atoms with E-state index >= 15 is 0 Å². The fourth-order valence-electron chi connectivity index (χ4n) is 8.73. The molecule has 3 atom stereocenters. The van der Waals surface area contributed by atoms with Crippen LogP contribution in [0.25, 0.3) is 0 Å². The molecule has 0 N–H and O–H groups in total. The molecule has 0 unspecified atom stereocenters. The van der Waals surface area contributed by atoms with E-state index in [1.165, 1.54) is 73.7 Å². The first-order valence-electron chi connectivity index (χ1n) is 13.8. The second-order valence-corrected chi connectivity index (χ2v) is 13.5. The summed E-state index contributed by atoms with van der Waals surface area (Å²) in [6.07, 6.45) is 17.2. The molecule has 0 saturated heterocycles. The molecule has 0 aliphatic heterocycles. The summed E-state index contributed by atoms with van der Waals surface area (Å²) in [6, 6.07) is 0. The van der Waals surface area contributed by atoms with E-state index < -0.39 is 0 Å². The predicted octanol–water partition coefficient (Wildman–Crippen LogP) is 8.96. The molecule has 0 aromatic rings. The molecule has 0 aromatic carbocycles. The Balaban J connectivity index is 0.000000191. The van der Waals surface area contributed by atoms with Gasteiger partial charge in [-0.25, -0.2) is 0 Å². The van der Waals surface area contributed by atoms with Gasteiger partial charge in [-0.2, -0.15) is 0 Å². The maximum Gasteiger partial charge on any atom is 0.124 e. The first-order chi connectivity index (χ1) is 15.8. The van der Waals surface area contributed by atoms with Crippen LogP contribution in [0.1, 0.15) is 126 Å². The first-order valence-corrected chi connectivity index (χ1v) is 13.8. The van der Waals surface area contributed by atoms with Crippen molar-refractivity contribution in [2.45, 2.75) is 126 Å². The van der Waals surface area contributed by atoms with E-state index in [0.29, 0.717) is 29.1 Å². The minimum absolute atomic E-state index is 0.158. The number of carbonyl (C=O) groups is 2. The van der Waals surface area contributed by atoms with E-state index in [4.69, 9.17) is 0 Å². The molecule has 4 rings (SSSR count). The monoisotopic (exact) mass is 466 g/mol. The summed E-state index contributed by atoms with van der Waals surface area (Å²) >= 11 is 0. The van der Waals surface area contributed by atoms with Crippen LogP contribution in [0.2, 0.25) is 0 Å². The third-order valence-corrected chi connectivity index (χ3v) is 10.4. The van der Waals surface area contributed by atoms with Crippen LogP contribution < -0.4 is 0 Å². The number of carbonyl (C=O) groups excluding carboxylic acids is 2. The lowest BCUT2D eigenvalue weighted by Crippen LogP contribution is -2.45. The topological polar surface area (TPSA) is 34.1 Å². The van der Waals surface area contributed by atoms with Crippen molar-refractivity contribution in [2.75, 3.05) is 0 Å². The van der Waals surface area contributed by atoms with Crippen molar-refractivity contribution < 1.29 is 9.59 Å². The van der Waals surface area contributed by atoms with Crippen molar-refractivity contribution in [1.82, 2.24) is 0 Å². The lowest BCUT2D eigenvalue weighted by molar-refractivity contribution is -0.108. The van der Waals surface area contributed by atoms with Crippen LogP contribution in [0, 0.1) is 27.6 Å². The maximum absolute atomic E-state index is 11.0. The smallest absolute Gasteiger partial charge is 0.124 e. The van der Waals surface area contributed by atoms with Crippen LogP contribution in [0.5, 0.6) is 0 Å². The zero-order valence-electron chi connectivity index (χ0n) is 23.4. The lowest BCUT2D eigenvalue weighted by atomic mass is 9.50. The zero-order valence-corrected chi connectivity index (χ0v) is 23.4. The molecule has 0 amide bonds. The molecule has 0 aromatic heterocycles. The highest BCUT2D eigenvalue weighted by molar-refractivity contribution is 5.58. The highest BCUT2D eigenvalue weighted by atomic mass is 16.1. The fourth-order valence-corrected chi connectivity index (χ4v) is 8.73. The van der Waals surface area contributed by atoms with Crippen LogP contribution >= 0.6 is 0 Å². The Kier molecular flexibility index (Phi) is 7.91. The number of hydrogen-bond donors (Lipinski definition) is 0. The van der Waals surface area contributed by atoms with E-state index in [9.17, 15) is 9.59 Å². The van der Waals surface area contributed by atoms with Gasteiger partial charge in [0.2, 0.25) is 0 Å². The van der Waals surface area contributed by atoms with Crippen LogP contribution in [-0.2, 0) is 9.59 Å². The second kappa shape index (κ2) is 9.90. The summed E-state index contributed by atoms with van der Waals surface area (Å²) in [5.41, 5.74) is 8.57. The minimum atomic E-state index is 0.158. The molecule has 2 fully saturated rings. The Bertz CT molecular complexity index is 878. The molecular formula is C32H50O2. The van der Waals surface area contributed by atoms with Crippen molar-refractivity contribution in [3.8, 4) is 0 Å². The molecule has 0 bridgehead atoms. The van der Waals surface area contributed by atoms with Crippen LogP contribution in [-0.4, -0.2) is 12.6 Å². The van der Waals surface area contributed by atoms with Crippen molar-refractivity contribution in [3.63, 3.8) is 0 Å². The summed E-state index contributed by atoms with van der Waals surface area (Å²) in [4.78, 5) is 21.9. The molecule has 0 radical (unpaired) electrons. The van der Waals surface area contributed by atoms with E-state index in [-0.39, 0.29) is 5.41 Å². The summed E-state index contributed by atoms with van der Waals surface area (Å²) in [7, 11) is 0. The Morgan fingerprint density at radius 1 is 0.824 bits per heavy atom. The van der Waals surface area contributed by atoms with E-state index in [1.54, 1.807) is 5.57 Å². The Morgan fingerprint density at radius 2 is 1.44 bits per heavy atom. The highest BCUT2D eigenvalue weighted by Crippen LogP contribution is 2.60. The second-order valence-electron chi connectivity index (χ2n) is 13.5. The van der Waals surface area contributed by atoms with Crippen molar-refractivity contribution in [2.24, 2.45) is 27.6 Å². The summed E-state index contributed by atoms with van der Waals surface area (Å²) in [5, 5.41) is 0.